The molecule has 4 aliphatic heterocycles. The van der Waals surface area contributed by atoms with Crippen LogP contribution in [-0.4, -0.2) is 113 Å². The number of rotatable bonds is 3. The number of aliphatic carboxylic acids is 1. The Bertz CT molecular complexity index is 1110. The topological polar surface area (TPSA) is 176 Å². The smallest absolute Gasteiger partial charge is 0.410 e. The van der Waals surface area contributed by atoms with Gasteiger partial charge < -0.3 is 44.4 Å². The van der Waals surface area contributed by atoms with Gasteiger partial charge in [0.25, 0.3) is 0 Å². The van der Waals surface area contributed by atoms with Crippen molar-refractivity contribution in [2.45, 2.75) is 188 Å². The van der Waals surface area contributed by atoms with Crippen LogP contribution in [0.5, 0.6) is 0 Å². The molecule has 4 saturated heterocycles. The standard InChI is InChI=1S/C10H17NO4.C10H19NO2.2C9H17NO2/c1-10(2,3)15-9(14)11-6-4-5-7(11)8(12)13;1-8-6-5-7-11(8)9(12)13-10(2,3)4;2*1-9(2,3)12-8(11)7-5-4-6-10-7/h7H,4-6H2,1-3H3,(H,12,13);8H,5-7H2,1-4H3;2*7,10H,4-6H2,1-3H3/p-1. The summed E-state index contributed by atoms with van der Waals surface area (Å²) in [4.78, 5) is 59.7. The minimum atomic E-state index is -1.21. The van der Waals surface area contributed by atoms with Crippen LogP contribution in [0.25, 0.3) is 0 Å². The van der Waals surface area contributed by atoms with E-state index in [0.29, 0.717) is 25.4 Å². The second kappa shape index (κ2) is 20.4. The molecule has 4 heterocycles. The van der Waals surface area contributed by atoms with Crippen LogP contribution in [0, 0.1) is 0 Å². The molecule has 0 saturated carbocycles. The maximum Gasteiger partial charge on any atom is 0.410 e. The van der Waals surface area contributed by atoms with Crippen molar-refractivity contribution in [1.29, 1.82) is 0 Å². The summed E-state index contributed by atoms with van der Waals surface area (Å²) in [6.07, 6.45) is 6.54. The highest BCUT2D eigenvalue weighted by Crippen LogP contribution is 2.21. The van der Waals surface area contributed by atoms with E-state index in [0.717, 1.165) is 58.2 Å². The van der Waals surface area contributed by atoms with Gasteiger partial charge in [-0.05, 0) is 154 Å². The largest absolute Gasteiger partial charge is 0.548 e. The number of likely N-dealkylation sites (tertiary alicyclic amines) is 2. The molecule has 2 amide bonds. The Hall–Kier alpha value is -3.13. The molecule has 4 rings (SSSR count). The lowest BCUT2D eigenvalue weighted by Crippen LogP contribution is -2.48. The molecular formula is C38H69N4O10-. The van der Waals surface area contributed by atoms with Crippen molar-refractivity contribution < 1.29 is 48.0 Å². The zero-order chi connectivity index (χ0) is 40.1. The maximum absolute atomic E-state index is 11.6. The third-order valence-corrected chi connectivity index (χ3v) is 7.84. The van der Waals surface area contributed by atoms with Gasteiger partial charge in [-0.2, -0.15) is 0 Å². The molecule has 0 bridgehead atoms. The number of carbonyl (C=O) groups is 5. The van der Waals surface area contributed by atoms with Gasteiger partial charge in [-0.15, -0.1) is 0 Å². The maximum atomic E-state index is 11.6. The van der Waals surface area contributed by atoms with Crippen LogP contribution in [0.3, 0.4) is 0 Å². The van der Waals surface area contributed by atoms with Gasteiger partial charge in [0.15, 0.2) is 0 Å². The summed E-state index contributed by atoms with van der Waals surface area (Å²) in [6, 6.07) is -0.622. The van der Waals surface area contributed by atoms with Crippen LogP contribution in [0.15, 0.2) is 0 Å². The third kappa shape index (κ3) is 19.6. The lowest BCUT2D eigenvalue weighted by molar-refractivity contribution is -0.310. The number of nitrogens with one attached hydrogen (secondary N) is 2. The van der Waals surface area contributed by atoms with Gasteiger partial charge in [-0.25, -0.2) is 9.59 Å². The van der Waals surface area contributed by atoms with Gasteiger partial charge in [0.1, 0.15) is 34.5 Å². The molecule has 0 radical (unpaired) electrons. The van der Waals surface area contributed by atoms with Gasteiger partial charge in [-0.3, -0.25) is 14.5 Å². The Kier molecular flexibility index (Phi) is 18.4. The van der Waals surface area contributed by atoms with Crippen molar-refractivity contribution in [2.24, 2.45) is 0 Å². The van der Waals surface area contributed by atoms with Gasteiger partial charge in [0.05, 0.1) is 12.0 Å². The predicted molar refractivity (Wildman–Crippen MR) is 196 cm³/mol. The number of hydrogen-bond donors (Lipinski definition) is 2. The molecule has 14 nitrogen and oxygen atoms in total. The molecule has 14 heteroatoms. The fraction of sp³-hybridized carbons (Fsp3) is 0.868. The lowest BCUT2D eigenvalue weighted by atomic mass is 10.2. The molecule has 0 spiro atoms. The second-order valence-electron chi connectivity index (χ2n) is 17.7. The summed E-state index contributed by atoms with van der Waals surface area (Å²) in [5, 5.41) is 16.9. The van der Waals surface area contributed by atoms with E-state index in [1.165, 1.54) is 4.90 Å². The van der Waals surface area contributed by atoms with E-state index in [9.17, 15) is 29.1 Å². The summed E-state index contributed by atoms with van der Waals surface area (Å²) >= 11 is 0. The Labute approximate surface area is 312 Å². The molecule has 4 atom stereocenters. The molecule has 0 aromatic rings. The predicted octanol–water partition coefficient (Wildman–Crippen LogP) is 4.70. The first kappa shape index (κ1) is 46.9. The number of carbonyl (C=O) groups excluding carboxylic acids is 5. The molecule has 4 fully saturated rings. The Morgan fingerprint density at radius 1 is 0.538 bits per heavy atom. The summed E-state index contributed by atoms with van der Waals surface area (Å²) in [5.41, 5.74) is -1.70. The van der Waals surface area contributed by atoms with Crippen LogP contribution >= 0.6 is 0 Å². The highest BCUT2D eigenvalue weighted by molar-refractivity contribution is 5.79. The van der Waals surface area contributed by atoms with Crippen LogP contribution in [-0.2, 0) is 33.3 Å². The normalized spacial score (nSPS) is 23.2. The molecule has 52 heavy (non-hydrogen) atoms. The lowest BCUT2D eigenvalue weighted by Gasteiger charge is -2.28. The molecular weight excluding hydrogens is 672 g/mol. The number of esters is 2. The number of nitrogens with zero attached hydrogens (tertiary/aromatic N) is 2. The number of carboxylic acids is 1. The second-order valence-corrected chi connectivity index (χ2v) is 17.7. The highest BCUT2D eigenvalue weighted by Gasteiger charge is 2.33. The summed E-state index contributed by atoms with van der Waals surface area (Å²) in [7, 11) is 0. The molecule has 0 aromatic heterocycles. The SMILES string of the molecule is CC(C)(C)OC(=O)C1CCCN1.CC(C)(C)OC(=O)C1CCCN1.CC(C)(C)OC(=O)N1CCCC1C(=O)[O-].CC1CCCN1C(=O)OC(C)(C)C. The van der Waals surface area contributed by atoms with Crippen molar-refractivity contribution >= 4 is 30.1 Å². The number of amides is 2. The van der Waals surface area contributed by atoms with E-state index < -0.39 is 23.7 Å². The minimum absolute atomic E-state index is 0.0655. The molecule has 2 N–H and O–H groups in total. The van der Waals surface area contributed by atoms with Gasteiger partial charge >= 0.3 is 24.1 Å². The quantitative estimate of drug-likeness (QED) is 0.302. The van der Waals surface area contributed by atoms with Gasteiger partial charge in [0, 0.05) is 19.1 Å². The Morgan fingerprint density at radius 3 is 1.21 bits per heavy atom. The first-order chi connectivity index (χ1) is 23.7. The highest BCUT2D eigenvalue weighted by atomic mass is 16.6. The van der Waals surface area contributed by atoms with Crippen molar-refractivity contribution in [3.63, 3.8) is 0 Å². The summed E-state index contributed by atoms with van der Waals surface area (Å²) in [5.74, 6) is -1.43. The van der Waals surface area contributed by atoms with E-state index >= 15 is 0 Å². The molecule has 302 valence electrons. The minimum Gasteiger partial charge on any atom is -0.548 e. The van der Waals surface area contributed by atoms with Crippen molar-refractivity contribution in [1.82, 2.24) is 20.4 Å². The van der Waals surface area contributed by atoms with E-state index in [-0.39, 0.29) is 46.9 Å². The Balaban J connectivity index is 0.000000348. The Morgan fingerprint density at radius 2 is 0.904 bits per heavy atom. The first-order valence-electron chi connectivity index (χ1n) is 18.8. The van der Waals surface area contributed by atoms with Crippen LogP contribution in [0.1, 0.15) is 141 Å². The summed E-state index contributed by atoms with van der Waals surface area (Å²) in [6.45, 7) is 27.5. The third-order valence-electron chi connectivity index (χ3n) is 7.84. The van der Waals surface area contributed by atoms with E-state index in [4.69, 9.17) is 18.9 Å². The zero-order valence-electron chi connectivity index (χ0n) is 34.3. The summed E-state index contributed by atoms with van der Waals surface area (Å²) < 4.78 is 20.8. The van der Waals surface area contributed by atoms with Crippen LogP contribution in [0.2, 0.25) is 0 Å². The van der Waals surface area contributed by atoms with Crippen molar-refractivity contribution in [3.8, 4) is 0 Å². The van der Waals surface area contributed by atoms with E-state index in [1.54, 1.807) is 20.8 Å². The van der Waals surface area contributed by atoms with E-state index in [2.05, 4.69) is 17.6 Å². The molecule has 4 unspecified atom stereocenters. The van der Waals surface area contributed by atoms with E-state index in [1.807, 2.05) is 67.2 Å². The molecule has 4 aliphatic rings. The van der Waals surface area contributed by atoms with Crippen molar-refractivity contribution in [2.75, 3.05) is 26.2 Å². The fourth-order valence-electron chi connectivity index (χ4n) is 5.59. The van der Waals surface area contributed by atoms with Crippen molar-refractivity contribution in [3.05, 3.63) is 0 Å². The first-order valence-corrected chi connectivity index (χ1v) is 18.8. The average molecular weight is 742 g/mol. The van der Waals surface area contributed by atoms with Crippen LogP contribution in [0.4, 0.5) is 9.59 Å². The monoisotopic (exact) mass is 742 g/mol. The van der Waals surface area contributed by atoms with Gasteiger partial charge in [-0.1, -0.05) is 0 Å². The zero-order valence-corrected chi connectivity index (χ0v) is 34.3. The number of carboxylic acid groups (broad SMARTS) is 1. The van der Waals surface area contributed by atoms with Crippen LogP contribution < -0.4 is 15.7 Å². The average Bonchev–Trinajstić information content (AvgIpc) is 3.78. The number of hydrogen-bond acceptors (Lipinski definition) is 12. The number of ether oxygens (including phenoxy) is 4. The fourth-order valence-corrected chi connectivity index (χ4v) is 5.59. The van der Waals surface area contributed by atoms with Gasteiger partial charge in [0.2, 0.25) is 0 Å². The molecule has 0 aromatic carbocycles. The molecule has 0 aliphatic carbocycles.